The van der Waals surface area contributed by atoms with Gasteiger partial charge in [-0.25, -0.2) is 14.3 Å². The Bertz CT molecular complexity index is 1340. The third kappa shape index (κ3) is 10.1. The lowest BCUT2D eigenvalue weighted by Gasteiger charge is -2.31. The topological polar surface area (TPSA) is 251 Å². The van der Waals surface area contributed by atoms with E-state index in [1.165, 1.54) is 15.8 Å². The van der Waals surface area contributed by atoms with Crippen LogP contribution >= 0.6 is 0 Å². The minimum absolute atomic E-state index is 0.0186. The summed E-state index contributed by atoms with van der Waals surface area (Å²) in [5.41, 5.74) is 4.31. The number of likely N-dealkylation sites (tertiary alicyclic amines) is 1. The lowest BCUT2D eigenvalue weighted by atomic mass is 9.84. The van der Waals surface area contributed by atoms with Crippen molar-refractivity contribution < 1.29 is 39.0 Å². The van der Waals surface area contributed by atoms with Gasteiger partial charge in [0, 0.05) is 25.6 Å². The fraction of sp³-hybridized carbons (Fsp3) is 0.742. The molecule has 1 aromatic rings. The van der Waals surface area contributed by atoms with Crippen LogP contribution in [0.1, 0.15) is 103 Å². The van der Waals surface area contributed by atoms with E-state index >= 15 is 0 Å². The van der Waals surface area contributed by atoms with Crippen molar-refractivity contribution in [3.63, 3.8) is 0 Å². The molecule has 6 amide bonds. The Hall–Kier alpha value is -4.28. The Labute approximate surface area is 279 Å². The number of nitrogens with one attached hydrogen (secondary N) is 4. The molecule has 1 unspecified atom stereocenters. The summed E-state index contributed by atoms with van der Waals surface area (Å²) in [5, 5.41) is 38.9. The van der Waals surface area contributed by atoms with Gasteiger partial charge >= 0.3 is 12.1 Å². The number of nitrogens with two attached hydrogens (primary N) is 1. The lowest BCUT2D eigenvalue weighted by Crippen LogP contribution is -2.56. The van der Waals surface area contributed by atoms with Crippen molar-refractivity contribution in [2.45, 2.75) is 127 Å². The number of unbranched alkanes of at least 4 members (excludes halogenated alkanes) is 1. The van der Waals surface area contributed by atoms with Crippen LogP contribution in [0.4, 0.5) is 9.59 Å². The summed E-state index contributed by atoms with van der Waals surface area (Å²) in [4.78, 5) is 77.7. The summed E-state index contributed by atoms with van der Waals surface area (Å²) in [6.45, 7) is 3.37. The summed E-state index contributed by atoms with van der Waals surface area (Å²) < 4.78 is 1.45. The van der Waals surface area contributed by atoms with Crippen molar-refractivity contribution in [3.8, 4) is 0 Å². The molecule has 1 aromatic heterocycles. The summed E-state index contributed by atoms with van der Waals surface area (Å²) in [6.07, 6.45) is 7.88. The van der Waals surface area contributed by atoms with E-state index in [-0.39, 0.29) is 43.8 Å². The third-order valence-corrected chi connectivity index (χ3v) is 9.30. The van der Waals surface area contributed by atoms with Gasteiger partial charge in [0.25, 0.3) is 5.91 Å². The molecule has 2 aliphatic carbocycles. The van der Waals surface area contributed by atoms with Crippen molar-refractivity contribution in [1.29, 1.82) is 0 Å². The smallest absolute Gasteiger partial charge is 0.405 e. The zero-order valence-electron chi connectivity index (χ0n) is 27.7. The molecule has 3 fully saturated rings. The molecule has 1 saturated heterocycles. The summed E-state index contributed by atoms with van der Waals surface area (Å²) in [7, 11) is 0. The van der Waals surface area contributed by atoms with E-state index in [4.69, 9.17) is 5.73 Å². The van der Waals surface area contributed by atoms with Crippen LogP contribution in [0.25, 0.3) is 0 Å². The van der Waals surface area contributed by atoms with Crippen LogP contribution in [0.15, 0.2) is 6.20 Å². The molecule has 4 atom stereocenters. The van der Waals surface area contributed by atoms with E-state index in [1.807, 2.05) is 0 Å². The quantitative estimate of drug-likeness (QED) is 0.0939. The lowest BCUT2D eigenvalue weighted by molar-refractivity contribution is -0.142. The zero-order chi connectivity index (χ0) is 35.0. The number of urea groups is 1. The number of nitrogens with zero attached hydrogens (tertiary/aromatic N) is 4. The number of hydrogen-bond donors (Lipinski definition) is 7. The molecule has 8 N–H and O–H groups in total. The maximum absolute atomic E-state index is 14.1. The minimum atomic E-state index is -1.37. The number of ketones is 1. The Morgan fingerprint density at radius 3 is 2.35 bits per heavy atom. The zero-order valence-corrected chi connectivity index (χ0v) is 27.7. The van der Waals surface area contributed by atoms with Gasteiger partial charge in [-0.15, -0.1) is 5.10 Å². The van der Waals surface area contributed by atoms with Gasteiger partial charge in [0.05, 0.1) is 24.0 Å². The van der Waals surface area contributed by atoms with Gasteiger partial charge in [0.15, 0.2) is 0 Å². The second kappa shape index (κ2) is 16.2. The van der Waals surface area contributed by atoms with Crippen LogP contribution in [-0.4, -0.2) is 103 Å². The first kappa shape index (κ1) is 36.6. The Kier molecular flexibility index (Phi) is 12.3. The first-order chi connectivity index (χ1) is 22.7. The maximum Gasteiger partial charge on any atom is 0.405 e. The molecule has 0 spiro atoms. The number of hydrogen-bond acceptors (Lipinski definition) is 9. The van der Waals surface area contributed by atoms with E-state index < -0.39 is 59.4 Å². The normalized spacial score (nSPS) is 21.2. The number of aromatic nitrogens is 3. The van der Waals surface area contributed by atoms with Gasteiger partial charge in [0.2, 0.25) is 17.6 Å². The number of rotatable bonds is 16. The molecule has 4 rings (SSSR count). The SMILES string of the molecule is CC(C)(O)c1cnnn1[C@H]1C[C@@H](C(=O)NC(CCCCNC(=O)NC2CC2)C(=O)C(N)=O)N(C(=O)[C@@H](CC2CCCCC2)NC(=O)O)C1. The highest BCUT2D eigenvalue weighted by atomic mass is 16.4. The molecule has 2 saturated carbocycles. The number of Topliss-reactive ketones (excluding diaryl/α,β-unsaturated/α-hetero) is 1. The number of carboxylic acid groups (broad SMARTS) is 1. The number of carbonyl (C=O) groups is 6. The summed E-state index contributed by atoms with van der Waals surface area (Å²) in [6, 6.07) is -4.26. The third-order valence-electron chi connectivity index (χ3n) is 9.30. The summed E-state index contributed by atoms with van der Waals surface area (Å²) in [5.74, 6) is -3.41. The molecule has 2 heterocycles. The highest BCUT2D eigenvalue weighted by Gasteiger charge is 2.45. The molecule has 17 nitrogen and oxygen atoms in total. The van der Waals surface area contributed by atoms with Crippen LogP contribution in [0.2, 0.25) is 0 Å². The summed E-state index contributed by atoms with van der Waals surface area (Å²) >= 11 is 0. The Morgan fingerprint density at radius 2 is 1.73 bits per heavy atom. The van der Waals surface area contributed by atoms with Crippen molar-refractivity contribution in [3.05, 3.63) is 11.9 Å². The van der Waals surface area contributed by atoms with Crippen LogP contribution in [0.3, 0.4) is 0 Å². The molecule has 0 aromatic carbocycles. The monoisotopic (exact) mass is 675 g/mol. The fourth-order valence-corrected chi connectivity index (χ4v) is 6.61. The van der Waals surface area contributed by atoms with Crippen LogP contribution in [0.5, 0.6) is 0 Å². The first-order valence-electron chi connectivity index (χ1n) is 16.9. The van der Waals surface area contributed by atoms with Crippen LogP contribution in [-0.2, 0) is 24.8 Å². The predicted octanol–water partition coefficient (Wildman–Crippen LogP) is 0.425. The second-order valence-corrected chi connectivity index (χ2v) is 13.7. The molecule has 1 aliphatic heterocycles. The fourth-order valence-electron chi connectivity index (χ4n) is 6.61. The highest BCUT2D eigenvalue weighted by molar-refractivity contribution is 6.37. The Morgan fingerprint density at radius 1 is 1.02 bits per heavy atom. The van der Waals surface area contributed by atoms with Crippen LogP contribution < -0.4 is 27.0 Å². The predicted molar refractivity (Wildman–Crippen MR) is 170 cm³/mol. The number of primary amides is 1. The minimum Gasteiger partial charge on any atom is -0.465 e. The average molecular weight is 676 g/mol. The molecule has 0 radical (unpaired) electrons. The molecular weight excluding hydrogens is 626 g/mol. The van der Waals surface area contributed by atoms with E-state index in [2.05, 4.69) is 31.6 Å². The second-order valence-electron chi connectivity index (χ2n) is 13.7. The van der Waals surface area contributed by atoms with Crippen molar-refractivity contribution in [2.75, 3.05) is 13.1 Å². The van der Waals surface area contributed by atoms with Gasteiger partial charge in [-0.2, -0.15) is 0 Å². The molecular formula is C31H49N9O8. The molecule has 0 bridgehead atoms. The van der Waals surface area contributed by atoms with Gasteiger partial charge in [-0.3, -0.25) is 19.2 Å². The highest BCUT2D eigenvalue weighted by Crippen LogP contribution is 2.33. The van der Waals surface area contributed by atoms with E-state index in [9.17, 15) is 39.0 Å². The molecule has 17 heteroatoms. The first-order valence-corrected chi connectivity index (χ1v) is 16.9. The molecule has 3 aliphatic rings. The molecule has 266 valence electrons. The van der Waals surface area contributed by atoms with Crippen molar-refractivity contribution in [1.82, 2.24) is 41.2 Å². The number of carbonyl (C=O) groups excluding carboxylic acids is 5. The van der Waals surface area contributed by atoms with Crippen molar-refractivity contribution in [2.24, 2.45) is 11.7 Å². The van der Waals surface area contributed by atoms with E-state index in [0.29, 0.717) is 25.1 Å². The van der Waals surface area contributed by atoms with E-state index in [0.717, 1.165) is 44.9 Å². The Balaban J connectivity index is 1.51. The maximum atomic E-state index is 14.1. The van der Waals surface area contributed by atoms with Crippen molar-refractivity contribution >= 4 is 35.6 Å². The van der Waals surface area contributed by atoms with Gasteiger partial charge in [-0.1, -0.05) is 37.3 Å². The standard InChI is InChI=1S/C31H49N9O8/c1-31(2,48)24-16-34-38-40(24)20-15-23(39(17-20)28(44)22(37-30(46)47)14-18-8-4-3-5-9-18)27(43)36-21(25(41)26(32)42)10-6-7-13-33-29(45)35-19-11-12-19/h16,18-23,37,48H,3-15,17H2,1-2H3,(H2,32,42)(H,36,43)(H,46,47)(H2,33,35,45)/t20-,21?,22+,23-/m0/s1. The number of amides is 6. The van der Waals surface area contributed by atoms with Crippen LogP contribution in [0, 0.1) is 5.92 Å². The van der Waals surface area contributed by atoms with E-state index in [1.54, 1.807) is 13.8 Å². The largest absolute Gasteiger partial charge is 0.465 e. The number of aliphatic hydroxyl groups is 1. The average Bonchev–Trinajstić information content (AvgIpc) is 3.49. The van der Waals surface area contributed by atoms with Gasteiger partial charge in [-0.05, 0) is 58.3 Å². The van der Waals surface area contributed by atoms with Gasteiger partial charge < -0.3 is 42.1 Å². The molecule has 48 heavy (non-hydrogen) atoms. The van der Waals surface area contributed by atoms with Gasteiger partial charge in [0.1, 0.15) is 17.7 Å².